The molecule has 1 heterocycles. The molecule has 0 radical (unpaired) electrons. The van der Waals surface area contributed by atoms with Gasteiger partial charge >= 0.3 is 0 Å². The highest BCUT2D eigenvalue weighted by Crippen LogP contribution is 2.33. The van der Waals surface area contributed by atoms with Crippen molar-refractivity contribution >= 4 is 63.3 Å². The zero-order valence-corrected chi connectivity index (χ0v) is 20.3. The van der Waals surface area contributed by atoms with Gasteiger partial charge in [0.2, 0.25) is 11.8 Å². The van der Waals surface area contributed by atoms with Gasteiger partial charge in [-0.3, -0.25) is 14.5 Å². The molecule has 1 N–H and O–H groups in total. The van der Waals surface area contributed by atoms with E-state index in [1.165, 1.54) is 11.8 Å². The van der Waals surface area contributed by atoms with E-state index >= 15 is 0 Å². The van der Waals surface area contributed by atoms with Crippen molar-refractivity contribution in [3.05, 3.63) is 52.5 Å². The smallest absolute Gasteiger partial charge is 0.242 e. The molecule has 0 bridgehead atoms. The Balaban J connectivity index is 1.71. The van der Waals surface area contributed by atoms with Crippen LogP contribution in [0.5, 0.6) is 5.75 Å². The molecule has 9 heteroatoms. The van der Waals surface area contributed by atoms with Crippen LogP contribution in [0.2, 0.25) is 10.0 Å². The molecule has 0 saturated carbocycles. The lowest BCUT2D eigenvalue weighted by Crippen LogP contribution is -2.34. The van der Waals surface area contributed by atoms with E-state index < -0.39 is 5.25 Å². The number of amides is 2. The Hall–Kier alpha value is -2.22. The van der Waals surface area contributed by atoms with Crippen molar-refractivity contribution in [3.63, 3.8) is 0 Å². The largest absolute Gasteiger partial charge is 0.494 e. The predicted octanol–water partition coefficient (Wildman–Crippen LogP) is 6.15. The summed E-state index contributed by atoms with van der Waals surface area (Å²) >= 11 is 13.5. The molecule has 1 fully saturated rings. The van der Waals surface area contributed by atoms with E-state index in [0.29, 0.717) is 39.7 Å². The fourth-order valence-electron chi connectivity index (χ4n) is 3.14. The van der Waals surface area contributed by atoms with E-state index in [9.17, 15) is 9.59 Å². The third kappa shape index (κ3) is 6.64. The lowest BCUT2D eigenvalue weighted by Gasteiger charge is -2.16. The minimum Gasteiger partial charge on any atom is -0.494 e. The van der Waals surface area contributed by atoms with Crippen molar-refractivity contribution in [2.24, 2.45) is 4.99 Å². The second-order valence-corrected chi connectivity index (χ2v) is 9.22. The number of unbranched alkanes of at least 4 members (excludes halogenated alkanes) is 1. The molecule has 6 nitrogen and oxygen atoms in total. The number of hydrogen-bond donors (Lipinski definition) is 1. The van der Waals surface area contributed by atoms with Crippen LogP contribution < -0.4 is 10.1 Å². The molecule has 0 aromatic heterocycles. The maximum atomic E-state index is 13.0. The Morgan fingerprint density at radius 2 is 1.84 bits per heavy atom. The van der Waals surface area contributed by atoms with Gasteiger partial charge in [-0.1, -0.05) is 48.3 Å². The molecular weight excluding hydrogens is 469 g/mol. The van der Waals surface area contributed by atoms with Gasteiger partial charge in [0.05, 0.1) is 12.3 Å². The van der Waals surface area contributed by atoms with Gasteiger partial charge in [-0.15, -0.1) is 0 Å². The minimum atomic E-state index is -0.539. The van der Waals surface area contributed by atoms with E-state index in [0.717, 1.165) is 18.6 Å². The van der Waals surface area contributed by atoms with E-state index in [1.807, 2.05) is 6.92 Å². The van der Waals surface area contributed by atoms with Gasteiger partial charge in [0.25, 0.3) is 0 Å². The Bertz CT molecular complexity index is 978. The van der Waals surface area contributed by atoms with E-state index in [1.54, 1.807) is 47.4 Å². The van der Waals surface area contributed by atoms with E-state index in [-0.39, 0.29) is 18.2 Å². The third-order valence-electron chi connectivity index (χ3n) is 4.65. The molecule has 2 amide bonds. The number of carbonyl (C=O) groups excluding carboxylic acids is 2. The zero-order chi connectivity index (χ0) is 23.1. The van der Waals surface area contributed by atoms with Crippen LogP contribution in [0.15, 0.2) is 47.5 Å². The van der Waals surface area contributed by atoms with Crippen molar-refractivity contribution in [2.45, 2.75) is 38.4 Å². The Labute approximate surface area is 202 Å². The molecular formula is C23H25Cl2N3O3S. The lowest BCUT2D eigenvalue weighted by atomic mass is 10.2. The molecule has 0 aliphatic carbocycles. The molecule has 170 valence electrons. The highest BCUT2D eigenvalue weighted by Gasteiger charge is 2.38. The lowest BCUT2D eigenvalue weighted by molar-refractivity contribution is -0.128. The summed E-state index contributed by atoms with van der Waals surface area (Å²) in [5, 5.41) is 3.80. The zero-order valence-electron chi connectivity index (χ0n) is 17.9. The van der Waals surface area contributed by atoms with Crippen LogP contribution in [0.4, 0.5) is 11.4 Å². The molecule has 2 aromatic rings. The number of aliphatic imine (C=N–C) groups is 1. The quantitative estimate of drug-likeness (QED) is 0.454. The molecule has 1 aliphatic heterocycles. The first kappa shape index (κ1) is 24.4. The van der Waals surface area contributed by atoms with Crippen LogP contribution in [-0.2, 0) is 9.59 Å². The maximum absolute atomic E-state index is 13.0. The molecule has 1 aliphatic rings. The number of carbonyl (C=O) groups is 2. The maximum Gasteiger partial charge on any atom is 0.242 e. The van der Waals surface area contributed by atoms with Crippen LogP contribution in [-0.4, -0.2) is 40.3 Å². The van der Waals surface area contributed by atoms with Crippen molar-refractivity contribution in [3.8, 4) is 5.75 Å². The van der Waals surface area contributed by atoms with Gasteiger partial charge in [-0.05, 0) is 55.8 Å². The van der Waals surface area contributed by atoms with Gasteiger partial charge in [0, 0.05) is 28.7 Å². The van der Waals surface area contributed by atoms with Gasteiger partial charge < -0.3 is 10.1 Å². The summed E-state index contributed by atoms with van der Waals surface area (Å²) < 4.78 is 5.41. The molecule has 0 unspecified atom stereocenters. The summed E-state index contributed by atoms with van der Waals surface area (Å²) in [7, 11) is 0. The second-order valence-electron chi connectivity index (χ2n) is 7.18. The highest BCUT2D eigenvalue weighted by atomic mass is 35.5. The summed E-state index contributed by atoms with van der Waals surface area (Å²) in [6.45, 7) is 5.09. The van der Waals surface area contributed by atoms with Crippen LogP contribution in [0.1, 0.15) is 33.1 Å². The summed E-state index contributed by atoms with van der Waals surface area (Å²) in [5.41, 5.74) is 1.22. The molecule has 0 spiro atoms. The number of benzene rings is 2. The summed E-state index contributed by atoms with van der Waals surface area (Å²) in [5.74, 6) is 0.389. The molecule has 1 saturated heterocycles. The molecule has 32 heavy (non-hydrogen) atoms. The number of thioether (sulfide) groups is 1. The standard InChI is InChI=1S/C23H25Cl2N3O3S/c1-3-5-10-28-22(30)20(32-23(28)27-18-12-15(24)11-16(25)13-18)14-21(29)26-17-6-8-19(9-7-17)31-4-2/h6-9,11-13,20H,3-5,10,14H2,1-2H3,(H,26,29)/t20-/m0/s1. The average molecular weight is 494 g/mol. The number of nitrogens with one attached hydrogen (secondary N) is 1. The fourth-order valence-corrected chi connectivity index (χ4v) is 4.84. The SMILES string of the molecule is CCCCN1C(=O)[C@H](CC(=O)Nc2ccc(OCC)cc2)SC1=Nc1cc(Cl)cc(Cl)c1. The first-order chi connectivity index (χ1) is 15.4. The van der Waals surface area contributed by atoms with Crippen LogP contribution in [0.3, 0.4) is 0 Å². The number of nitrogens with zero attached hydrogens (tertiary/aromatic N) is 2. The second kappa shape index (κ2) is 11.6. The van der Waals surface area contributed by atoms with Gasteiger partial charge in [-0.25, -0.2) is 4.99 Å². The van der Waals surface area contributed by atoms with Crippen LogP contribution >= 0.6 is 35.0 Å². The topological polar surface area (TPSA) is 71.0 Å². The van der Waals surface area contributed by atoms with Crippen molar-refractivity contribution in [2.75, 3.05) is 18.5 Å². The van der Waals surface area contributed by atoms with Crippen LogP contribution in [0.25, 0.3) is 0 Å². The normalized spacial score (nSPS) is 17.1. The van der Waals surface area contributed by atoms with Crippen molar-refractivity contribution < 1.29 is 14.3 Å². The van der Waals surface area contributed by atoms with Gasteiger partial charge in [0.15, 0.2) is 5.17 Å². The summed E-state index contributed by atoms with van der Waals surface area (Å²) in [6, 6.07) is 12.1. The van der Waals surface area contributed by atoms with Gasteiger partial charge in [0.1, 0.15) is 11.0 Å². The first-order valence-corrected chi connectivity index (χ1v) is 12.1. The number of rotatable bonds is 9. The molecule has 3 rings (SSSR count). The molecule has 2 aromatic carbocycles. The van der Waals surface area contributed by atoms with E-state index in [4.69, 9.17) is 27.9 Å². The number of amidine groups is 1. The fraction of sp³-hybridized carbons (Fsp3) is 0.348. The molecule has 1 atom stereocenters. The third-order valence-corrected chi connectivity index (χ3v) is 6.26. The summed E-state index contributed by atoms with van der Waals surface area (Å²) in [6.07, 6.45) is 1.83. The Morgan fingerprint density at radius 3 is 2.47 bits per heavy atom. The Morgan fingerprint density at radius 1 is 1.16 bits per heavy atom. The van der Waals surface area contributed by atoms with Crippen LogP contribution in [0, 0.1) is 0 Å². The van der Waals surface area contributed by atoms with Crippen molar-refractivity contribution in [1.29, 1.82) is 0 Å². The Kier molecular flexibility index (Phi) is 8.84. The van der Waals surface area contributed by atoms with E-state index in [2.05, 4.69) is 17.2 Å². The average Bonchev–Trinajstić information content (AvgIpc) is 3.01. The number of hydrogen-bond acceptors (Lipinski definition) is 5. The minimum absolute atomic E-state index is 0.0503. The first-order valence-electron chi connectivity index (χ1n) is 10.4. The predicted molar refractivity (Wildman–Crippen MR) is 132 cm³/mol. The highest BCUT2D eigenvalue weighted by molar-refractivity contribution is 8.15. The number of halogens is 2. The van der Waals surface area contributed by atoms with Gasteiger partial charge in [-0.2, -0.15) is 0 Å². The number of ether oxygens (including phenoxy) is 1. The number of anilines is 1. The summed E-state index contributed by atoms with van der Waals surface area (Å²) in [4.78, 5) is 31.9. The van der Waals surface area contributed by atoms with Crippen molar-refractivity contribution in [1.82, 2.24) is 4.90 Å². The monoisotopic (exact) mass is 493 g/mol.